The quantitative estimate of drug-likeness (QED) is 0.721. The zero-order valence-electron chi connectivity index (χ0n) is 11.5. The van der Waals surface area contributed by atoms with Crippen molar-refractivity contribution >= 4 is 5.69 Å². The molecule has 1 aromatic rings. The number of benzene rings is 1. The van der Waals surface area contributed by atoms with Crippen molar-refractivity contribution in [2.75, 3.05) is 38.3 Å². The molecule has 0 heterocycles. The highest BCUT2D eigenvalue weighted by Gasteiger charge is 2.10. The standard InChI is InChI=1S/C14H23FN2O/c1-4-17(8-9-18-5-2)14-7-6-12(11-16-3)10-13(14)15/h6-7,10,16H,4-5,8-9,11H2,1-3H3. The number of rotatable bonds is 8. The van der Waals surface area contributed by atoms with E-state index in [1.54, 1.807) is 6.07 Å². The van der Waals surface area contributed by atoms with E-state index in [4.69, 9.17) is 4.74 Å². The Bertz CT molecular complexity index is 358. The molecule has 1 rings (SSSR count). The van der Waals surface area contributed by atoms with Crippen LogP contribution in [0.5, 0.6) is 0 Å². The lowest BCUT2D eigenvalue weighted by atomic mass is 10.2. The Morgan fingerprint density at radius 3 is 2.67 bits per heavy atom. The monoisotopic (exact) mass is 254 g/mol. The Hall–Kier alpha value is -1.13. The minimum Gasteiger partial charge on any atom is -0.380 e. The summed E-state index contributed by atoms with van der Waals surface area (Å²) in [6.07, 6.45) is 0. The minimum absolute atomic E-state index is 0.166. The Balaban J connectivity index is 2.73. The van der Waals surface area contributed by atoms with E-state index in [1.807, 2.05) is 37.9 Å². The highest BCUT2D eigenvalue weighted by molar-refractivity contribution is 5.49. The van der Waals surface area contributed by atoms with Crippen molar-refractivity contribution in [3.05, 3.63) is 29.6 Å². The van der Waals surface area contributed by atoms with Crippen LogP contribution >= 0.6 is 0 Å². The predicted octanol–water partition coefficient (Wildman–Crippen LogP) is 2.41. The van der Waals surface area contributed by atoms with E-state index in [0.717, 1.165) is 12.1 Å². The summed E-state index contributed by atoms with van der Waals surface area (Å²) in [4.78, 5) is 1.99. The summed E-state index contributed by atoms with van der Waals surface area (Å²) in [6.45, 7) is 7.48. The van der Waals surface area contributed by atoms with Gasteiger partial charge < -0.3 is 15.0 Å². The summed E-state index contributed by atoms with van der Waals surface area (Å²) in [7, 11) is 1.85. The van der Waals surface area contributed by atoms with Crippen molar-refractivity contribution in [1.82, 2.24) is 5.32 Å². The molecule has 3 nitrogen and oxygen atoms in total. The topological polar surface area (TPSA) is 24.5 Å². The van der Waals surface area contributed by atoms with Gasteiger partial charge in [-0.25, -0.2) is 4.39 Å². The summed E-state index contributed by atoms with van der Waals surface area (Å²) >= 11 is 0. The lowest BCUT2D eigenvalue weighted by Gasteiger charge is -2.23. The van der Waals surface area contributed by atoms with E-state index >= 15 is 0 Å². The summed E-state index contributed by atoms with van der Waals surface area (Å²) in [6, 6.07) is 5.39. The van der Waals surface area contributed by atoms with Crippen LogP contribution in [0, 0.1) is 5.82 Å². The van der Waals surface area contributed by atoms with Crippen LogP contribution in [0.3, 0.4) is 0 Å². The summed E-state index contributed by atoms with van der Waals surface area (Å²) in [5.74, 6) is -0.166. The number of nitrogens with one attached hydrogen (secondary N) is 1. The first-order chi connectivity index (χ1) is 8.72. The zero-order chi connectivity index (χ0) is 13.4. The van der Waals surface area contributed by atoms with Crippen LogP contribution in [-0.4, -0.2) is 33.4 Å². The fraction of sp³-hybridized carbons (Fsp3) is 0.571. The zero-order valence-corrected chi connectivity index (χ0v) is 11.5. The highest BCUT2D eigenvalue weighted by Crippen LogP contribution is 2.20. The van der Waals surface area contributed by atoms with Crippen molar-refractivity contribution in [2.24, 2.45) is 0 Å². The number of halogens is 1. The molecule has 0 unspecified atom stereocenters. The van der Waals surface area contributed by atoms with Gasteiger partial charge in [0.05, 0.1) is 12.3 Å². The Kier molecular flexibility index (Phi) is 6.68. The van der Waals surface area contributed by atoms with Gasteiger partial charge >= 0.3 is 0 Å². The fourth-order valence-electron chi connectivity index (χ4n) is 1.89. The van der Waals surface area contributed by atoms with Crippen LogP contribution in [0.4, 0.5) is 10.1 Å². The van der Waals surface area contributed by atoms with E-state index in [1.165, 1.54) is 0 Å². The number of hydrogen-bond acceptors (Lipinski definition) is 3. The second kappa shape index (κ2) is 8.06. The molecular weight excluding hydrogens is 231 g/mol. The predicted molar refractivity (Wildman–Crippen MR) is 73.5 cm³/mol. The van der Waals surface area contributed by atoms with Crippen molar-refractivity contribution < 1.29 is 9.13 Å². The van der Waals surface area contributed by atoms with Crippen LogP contribution in [0.2, 0.25) is 0 Å². The first-order valence-corrected chi connectivity index (χ1v) is 6.48. The second-order valence-corrected chi connectivity index (χ2v) is 4.09. The molecule has 1 N–H and O–H groups in total. The van der Waals surface area contributed by atoms with Gasteiger partial charge in [-0.2, -0.15) is 0 Å². The summed E-state index contributed by atoms with van der Waals surface area (Å²) in [5, 5.41) is 3.02. The van der Waals surface area contributed by atoms with Crippen LogP contribution in [0.25, 0.3) is 0 Å². The van der Waals surface area contributed by atoms with Gasteiger partial charge in [-0.1, -0.05) is 6.07 Å². The van der Waals surface area contributed by atoms with Gasteiger partial charge in [-0.05, 0) is 38.6 Å². The van der Waals surface area contributed by atoms with Crippen molar-refractivity contribution in [3.63, 3.8) is 0 Å². The van der Waals surface area contributed by atoms with Gasteiger partial charge in [0.2, 0.25) is 0 Å². The number of anilines is 1. The first-order valence-electron chi connectivity index (χ1n) is 6.48. The van der Waals surface area contributed by atoms with E-state index < -0.39 is 0 Å². The SMILES string of the molecule is CCOCCN(CC)c1ccc(CNC)cc1F. The lowest BCUT2D eigenvalue weighted by Crippen LogP contribution is -2.28. The minimum atomic E-state index is -0.166. The second-order valence-electron chi connectivity index (χ2n) is 4.09. The molecule has 18 heavy (non-hydrogen) atoms. The molecule has 4 heteroatoms. The molecule has 0 saturated heterocycles. The van der Waals surface area contributed by atoms with Gasteiger partial charge in [0, 0.05) is 26.2 Å². The maximum atomic E-state index is 14.0. The molecule has 0 aliphatic rings. The molecule has 0 radical (unpaired) electrons. The molecule has 0 aromatic heterocycles. The van der Waals surface area contributed by atoms with Crippen LogP contribution in [0.15, 0.2) is 18.2 Å². The Morgan fingerprint density at radius 1 is 1.33 bits per heavy atom. The molecule has 0 aliphatic heterocycles. The van der Waals surface area contributed by atoms with Gasteiger partial charge in [-0.15, -0.1) is 0 Å². The summed E-state index contributed by atoms with van der Waals surface area (Å²) in [5.41, 5.74) is 1.61. The van der Waals surface area contributed by atoms with Gasteiger partial charge in [0.25, 0.3) is 0 Å². The third kappa shape index (κ3) is 4.27. The Labute approximate surface area is 109 Å². The third-order valence-corrected chi connectivity index (χ3v) is 2.83. The normalized spacial score (nSPS) is 10.7. The van der Waals surface area contributed by atoms with Gasteiger partial charge in [0.1, 0.15) is 5.82 Å². The van der Waals surface area contributed by atoms with Gasteiger partial charge in [-0.3, -0.25) is 0 Å². The number of likely N-dealkylation sites (N-methyl/N-ethyl adjacent to an activating group) is 1. The lowest BCUT2D eigenvalue weighted by molar-refractivity contribution is 0.154. The molecule has 0 fully saturated rings. The van der Waals surface area contributed by atoms with Crippen molar-refractivity contribution in [1.29, 1.82) is 0 Å². The van der Waals surface area contributed by atoms with Crippen LogP contribution in [0.1, 0.15) is 19.4 Å². The Morgan fingerprint density at radius 2 is 2.11 bits per heavy atom. The average molecular weight is 254 g/mol. The highest BCUT2D eigenvalue weighted by atomic mass is 19.1. The third-order valence-electron chi connectivity index (χ3n) is 2.83. The van der Waals surface area contributed by atoms with E-state index in [9.17, 15) is 4.39 Å². The number of nitrogens with zero attached hydrogens (tertiary/aromatic N) is 1. The smallest absolute Gasteiger partial charge is 0.146 e. The van der Waals surface area contributed by atoms with E-state index in [-0.39, 0.29) is 5.82 Å². The molecule has 0 aliphatic carbocycles. The van der Waals surface area contributed by atoms with Crippen LogP contribution in [-0.2, 0) is 11.3 Å². The average Bonchev–Trinajstić information content (AvgIpc) is 2.36. The number of hydrogen-bond donors (Lipinski definition) is 1. The maximum Gasteiger partial charge on any atom is 0.146 e. The molecule has 0 amide bonds. The first kappa shape index (κ1) is 14.9. The van der Waals surface area contributed by atoms with Crippen molar-refractivity contribution in [2.45, 2.75) is 20.4 Å². The summed E-state index contributed by atoms with van der Waals surface area (Å²) < 4.78 is 19.3. The van der Waals surface area contributed by atoms with Gasteiger partial charge in [0.15, 0.2) is 0 Å². The maximum absolute atomic E-state index is 14.0. The molecule has 0 spiro atoms. The number of ether oxygens (including phenoxy) is 1. The molecule has 0 atom stereocenters. The largest absolute Gasteiger partial charge is 0.380 e. The van der Waals surface area contributed by atoms with Crippen molar-refractivity contribution in [3.8, 4) is 0 Å². The molecule has 102 valence electrons. The molecule has 0 bridgehead atoms. The molecular formula is C14H23FN2O. The van der Waals surface area contributed by atoms with E-state index in [2.05, 4.69) is 5.32 Å². The molecule has 1 aromatic carbocycles. The van der Waals surface area contributed by atoms with E-state index in [0.29, 0.717) is 32.0 Å². The molecule has 0 saturated carbocycles. The van der Waals surface area contributed by atoms with Crippen LogP contribution < -0.4 is 10.2 Å². The fourth-order valence-corrected chi connectivity index (χ4v) is 1.89.